The molecular formula is C21H20O2. The molecule has 0 spiro atoms. The first-order chi connectivity index (χ1) is 11.1. The fraction of sp³-hybridized carbons (Fsp3) is 0.286. The van der Waals surface area contributed by atoms with Gasteiger partial charge in [-0.3, -0.25) is 4.79 Å². The minimum atomic E-state index is -0.671. The number of hydrogen-bond donors (Lipinski definition) is 1. The van der Waals surface area contributed by atoms with E-state index in [1.807, 2.05) is 36.4 Å². The molecule has 1 aliphatic carbocycles. The van der Waals surface area contributed by atoms with Gasteiger partial charge in [-0.05, 0) is 61.1 Å². The first-order valence-corrected chi connectivity index (χ1v) is 8.05. The van der Waals surface area contributed by atoms with E-state index in [0.717, 1.165) is 36.0 Å². The van der Waals surface area contributed by atoms with Crippen LogP contribution in [0.2, 0.25) is 0 Å². The Hall–Kier alpha value is -2.53. The molecule has 0 aliphatic heterocycles. The fourth-order valence-electron chi connectivity index (χ4n) is 3.34. The van der Waals surface area contributed by atoms with Crippen molar-refractivity contribution in [1.82, 2.24) is 0 Å². The molecule has 0 bridgehead atoms. The molecule has 23 heavy (non-hydrogen) atoms. The monoisotopic (exact) mass is 304 g/mol. The second-order valence-corrected chi connectivity index (χ2v) is 6.22. The van der Waals surface area contributed by atoms with Gasteiger partial charge in [0, 0.05) is 11.1 Å². The van der Waals surface area contributed by atoms with Gasteiger partial charge in [0.1, 0.15) is 0 Å². The van der Waals surface area contributed by atoms with Gasteiger partial charge in [-0.2, -0.15) is 0 Å². The van der Waals surface area contributed by atoms with Crippen molar-refractivity contribution >= 4 is 5.97 Å². The standard InChI is InChI=1S/C21H20O2/c1-15-4-2-5-17(14-15)9-8-16-10-12-18(13-11-16)19-6-3-7-20(19)21(22)23/h2,4-5,10-14,19-20H,3,6-7H2,1H3,(H,22,23). The summed E-state index contributed by atoms with van der Waals surface area (Å²) < 4.78 is 0. The summed E-state index contributed by atoms with van der Waals surface area (Å²) in [5, 5.41) is 9.31. The second kappa shape index (κ2) is 6.71. The Morgan fingerprint density at radius 1 is 1.04 bits per heavy atom. The quantitative estimate of drug-likeness (QED) is 0.837. The average molecular weight is 304 g/mol. The molecule has 1 fully saturated rings. The number of carboxylic acids is 1. The molecule has 3 rings (SSSR count). The molecule has 1 N–H and O–H groups in total. The van der Waals surface area contributed by atoms with Crippen molar-refractivity contribution in [2.24, 2.45) is 5.92 Å². The summed E-state index contributed by atoms with van der Waals surface area (Å²) in [7, 11) is 0. The van der Waals surface area contributed by atoms with Gasteiger partial charge in [-0.25, -0.2) is 0 Å². The molecule has 116 valence electrons. The average Bonchev–Trinajstić information content (AvgIpc) is 3.03. The van der Waals surface area contributed by atoms with Crippen LogP contribution in [0.15, 0.2) is 48.5 Å². The van der Waals surface area contributed by atoms with Crippen molar-refractivity contribution in [3.05, 3.63) is 70.8 Å². The summed E-state index contributed by atoms with van der Waals surface area (Å²) in [5.41, 5.74) is 4.29. The van der Waals surface area contributed by atoms with Crippen molar-refractivity contribution in [2.45, 2.75) is 32.1 Å². The van der Waals surface area contributed by atoms with E-state index in [1.54, 1.807) is 0 Å². The van der Waals surface area contributed by atoms with Crippen LogP contribution in [0.4, 0.5) is 0 Å². The molecule has 2 atom stereocenters. The third-order valence-corrected chi connectivity index (χ3v) is 4.54. The zero-order chi connectivity index (χ0) is 16.2. The molecular weight excluding hydrogens is 284 g/mol. The smallest absolute Gasteiger partial charge is 0.307 e. The van der Waals surface area contributed by atoms with Crippen molar-refractivity contribution in [3.63, 3.8) is 0 Å². The van der Waals surface area contributed by atoms with Gasteiger partial charge in [-0.1, -0.05) is 42.5 Å². The van der Waals surface area contributed by atoms with Gasteiger partial charge in [0.25, 0.3) is 0 Å². The molecule has 1 aliphatic rings. The molecule has 2 aromatic carbocycles. The van der Waals surface area contributed by atoms with Crippen LogP contribution >= 0.6 is 0 Å². The van der Waals surface area contributed by atoms with E-state index >= 15 is 0 Å². The molecule has 2 nitrogen and oxygen atoms in total. The summed E-state index contributed by atoms with van der Waals surface area (Å²) in [6.07, 6.45) is 2.75. The van der Waals surface area contributed by atoms with Crippen molar-refractivity contribution in [1.29, 1.82) is 0 Å². The predicted molar refractivity (Wildman–Crippen MR) is 91.3 cm³/mol. The SMILES string of the molecule is Cc1cccc(C#Cc2ccc(C3CCCC3C(=O)O)cc2)c1. The van der Waals surface area contributed by atoms with Gasteiger partial charge in [0.15, 0.2) is 0 Å². The van der Waals surface area contributed by atoms with Crippen molar-refractivity contribution in [2.75, 3.05) is 0 Å². The Labute approximate surface area is 137 Å². The number of carboxylic acid groups (broad SMARTS) is 1. The molecule has 2 heteroatoms. The maximum atomic E-state index is 11.3. The van der Waals surface area contributed by atoms with Gasteiger partial charge >= 0.3 is 5.97 Å². The largest absolute Gasteiger partial charge is 0.481 e. The van der Waals surface area contributed by atoms with Crippen LogP contribution in [0, 0.1) is 24.7 Å². The van der Waals surface area contributed by atoms with Crippen LogP contribution in [0.5, 0.6) is 0 Å². The van der Waals surface area contributed by atoms with E-state index in [-0.39, 0.29) is 11.8 Å². The first kappa shape index (κ1) is 15.4. The molecule has 0 saturated heterocycles. The molecule has 1 saturated carbocycles. The zero-order valence-corrected chi connectivity index (χ0v) is 13.3. The van der Waals surface area contributed by atoms with Crippen LogP contribution in [0.25, 0.3) is 0 Å². The summed E-state index contributed by atoms with van der Waals surface area (Å²) in [6.45, 7) is 2.06. The maximum absolute atomic E-state index is 11.3. The Morgan fingerprint density at radius 3 is 2.48 bits per heavy atom. The van der Waals surface area contributed by atoms with Crippen LogP contribution < -0.4 is 0 Å². The summed E-state index contributed by atoms with van der Waals surface area (Å²) >= 11 is 0. The Kier molecular flexibility index (Phi) is 4.48. The van der Waals surface area contributed by atoms with Crippen LogP contribution in [0.1, 0.15) is 47.4 Å². The summed E-state index contributed by atoms with van der Waals surface area (Å²) in [4.78, 5) is 11.3. The van der Waals surface area contributed by atoms with E-state index in [1.165, 1.54) is 5.56 Å². The highest BCUT2D eigenvalue weighted by atomic mass is 16.4. The highest BCUT2D eigenvalue weighted by Gasteiger charge is 2.33. The highest BCUT2D eigenvalue weighted by Crippen LogP contribution is 2.39. The van der Waals surface area contributed by atoms with Crippen LogP contribution in [-0.4, -0.2) is 11.1 Å². The number of aryl methyl sites for hydroxylation is 1. The van der Waals surface area contributed by atoms with Gasteiger partial charge in [0.2, 0.25) is 0 Å². The Balaban J connectivity index is 1.77. The second-order valence-electron chi connectivity index (χ2n) is 6.22. The predicted octanol–water partition coefficient (Wildman–Crippen LogP) is 4.36. The fourth-order valence-corrected chi connectivity index (χ4v) is 3.34. The molecule has 0 amide bonds. The number of aliphatic carboxylic acids is 1. The van der Waals surface area contributed by atoms with Crippen molar-refractivity contribution < 1.29 is 9.90 Å². The maximum Gasteiger partial charge on any atom is 0.307 e. The first-order valence-electron chi connectivity index (χ1n) is 8.05. The summed E-state index contributed by atoms with van der Waals surface area (Å²) in [5.74, 6) is 5.58. The third kappa shape index (κ3) is 3.63. The van der Waals surface area contributed by atoms with Gasteiger partial charge in [0.05, 0.1) is 5.92 Å². The highest BCUT2D eigenvalue weighted by molar-refractivity contribution is 5.72. The molecule has 0 heterocycles. The van der Waals surface area contributed by atoms with Crippen molar-refractivity contribution in [3.8, 4) is 11.8 Å². The van der Waals surface area contributed by atoms with E-state index in [0.29, 0.717) is 0 Å². The third-order valence-electron chi connectivity index (χ3n) is 4.54. The number of benzene rings is 2. The molecule has 2 aromatic rings. The van der Waals surface area contributed by atoms with E-state index in [2.05, 4.69) is 30.9 Å². The Bertz CT molecular complexity index is 762. The normalized spacial score (nSPS) is 19.9. The lowest BCUT2D eigenvalue weighted by Gasteiger charge is -2.15. The topological polar surface area (TPSA) is 37.3 Å². The number of rotatable bonds is 2. The molecule has 2 unspecified atom stereocenters. The zero-order valence-electron chi connectivity index (χ0n) is 13.3. The van der Waals surface area contributed by atoms with Gasteiger partial charge in [-0.15, -0.1) is 0 Å². The van der Waals surface area contributed by atoms with E-state index in [4.69, 9.17) is 0 Å². The van der Waals surface area contributed by atoms with Crippen LogP contribution in [0.3, 0.4) is 0 Å². The van der Waals surface area contributed by atoms with E-state index < -0.39 is 5.97 Å². The number of carbonyl (C=O) groups is 1. The molecule has 0 radical (unpaired) electrons. The van der Waals surface area contributed by atoms with Gasteiger partial charge < -0.3 is 5.11 Å². The number of hydrogen-bond acceptors (Lipinski definition) is 1. The summed E-state index contributed by atoms with van der Waals surface area (Å²) in [6, 6.07) is 16.2. The van der Waals surface area contributed by atoms with E-state index in [9.17, 15) is 9.90 Å². The lowest BCUT2D eigenvalue weighted by molar-refractivity contribution is -0.142. The minimum Gasteiger partial charge on any atom is -0.481 e. The van der Waals surface area contributed by atoms with Crippen LogP contribution in [-0.2, 0) is 4.79 Å². The Morgan fingerprint density at radius 2 is 1.78 bits per heavy atom. The minimum absolute atomic E-state index is 0.145. The lowest BCUT2D eigenvalue weighted by Crippen LogP contribution is -2.16. The lowest BCUT2D eigenvalue weighted by atomic mass is 9.88. The molecule has 0 aromatic heterocycles.